The van der Waals surface area contributed by atoms with Crippen molar-refractivity contribution in [2.24, 2.45) is 44.8 Å². The Bertz CT molecular complexity index is 1100. The lowest BCUT2D eigenvalue weighted by molar-refractivity contribution is -0.172. The summed E-state index contributed by atoms with van der Waals surface area (Å²) in [5, 5.41) is 3.41. The lowest BCUT2D eigenvalue weighted by Crippen LogP contribution is -2.65. The molecule has 0 bridgehead atoms. The van der Waals surface area contributed by atoms with Crippen LogP contribution in [0.3, 0.4) is 0 Å². The molecule has 0 aromatic rings. The van der Waals surface area contributed by atoms with E-state index in [1.807, 2.05) is 0 Å². The summed E-state index contributed by atoms with van der Waals surface area (Å²) < 4.78 is 0. The van der Waals surface area contributed by atoms with Gasteiger partial charge in [-0.05, 0) is 118 Å². The second-order valence-electron chi connectivity index (χ2n) is 17.2. The minimum Gasteiger partial charge on any atom is -0.351 e. The van der Waals surface area contributed by atoms with Crippen molar-refractivity contribution in [2.75, 3.05) is 33.2 Å². The maximum atomic E-state index is 14.6. The van der Waals surface area contributed by atoms with Gasteiger partial charge < -0.3 is 15.1 Å². The van der Waals surface area contributed by atoms with E-state index >= 15 is 0 Å². The standard InChI is InChI=1S/C35H57N3O2/c1-30(2)15-17-35(29(40)38-21-19-37(8)20-22-38)18-16-33(6)24(25(35)23-30)9-10-27-32(5)13-12-28(39)36-31(3,4)26(32)11-14-34(27,33)7/h9,25-27H,10-23H2,1-8H3,(H,36,39)/t25-,26-,27+,32-,33+,34+,35-/m0/s1. The third kappa shape index (κ3) is 3.94. The summed E-state index contributed by atoms with van der Waals surface area (Å²) in [7, 11) is 2.18. The molecule has 2 amide bonds. The molecule has 7 atom stereocenters. The van der Waals surface area contributed by atoms with Crippen molar-refractivity contribution in [2.45, 2.75) is 118 Å². The van der Waals surface area contributed by atoms with Gasteiger partial charge >= 0.3 is 0 Å². The predicted molar refractivity (Wildman–Crippen MR) is 162 cm³/mol. The lowest BCUT2D eigenvalue weighted by Gasteiger charge is -2.70. The summed E-state index contributed by atoms with van der Waals surface area (Å²) in [4.78, 5) is 32.0. The maximum absolute atomic E-state index is 14.6. The highest BCUT2D eigenvalue weighted by Crippen LogP contribution is 2.74. The number of carbonyl (C=O) groups is 2. The molecular formula is C35H57N3O2. The van der Waals surface area contributed by atoms with E-state index in [-0.39, 0.29) is 38.5 Å². The fourth-order valence-corrected chi connectivity index (χ4v) is 11.7. The van der Waals surface area contributed by atoms with Crippen molar-refractivity contribution in [3.05, 3.63) is 11.6 Å². The van der Waals surface area contributed by atoms with Crippen LogP contribution >= 0.6 is 0 Å². The molecule has 6 rings (SSSR count). The average Bonchev–Trinajstić information content (AvgIpc) is 2.96. The summed E-state index contributed by atoms with van der Waals surface area (Å²) >= 11 is 0. The Morgan fingerprint density at radius 3 is 2.25 bits per heavy atom. The number of likely N-dealkylation sites (N-methyl/N-ethyl adjacent to an activating group) is 1. The molecular weight excluding hydrogens is 494 g/mol. The number of nitrogens with zero attached hydrogens (tertiary/aromatic N) is 2. The van der Waals surface area contributed by atoms with Crippen molar-refractivity contribution in [3.8, 4) is 0 Å². The highest BCUT2D eigenvalue weighted by Gasteiger charge is 2.68. The smallest absolute Gasteiger partial charge is 0.229 e. The summed E-state index contributed by atoms with van der Waals surface area (Å²) in [6, 6.07) is 0. The molecule has 5 heteroatoms. The van der Waals surface area contributed by atoms with Crippen LogP contribution in [-0.2, 0) is 9.59 Å². The predicted octanol–water partition coefficient (Wildman–Crippen LogP) is 6.43. The molecule has 2 saturated heterocycles. The molecule has 5 nitrogen and oxygen atoms in total. The molecule has 0 unspecified atom stereocenters. The molecule has 40 heavy (non-hydrogen) atoms. The number of nitrogens with one attached hydrogen (secondary N) is 1. The third-order valence-corrected chi connectivity index (χ3v) is 14.3. The van der Waals surface area contributed by atoms with Gasteiger partial charge in [0.05, 0.1) is 5.41 Å². The van der Waals surface area contributed by atoms with Crippen LogP contribution in [0.25, 0.3) is 0 Å². The first-order valence-electron chi connectivity index (χ1n) is 16.6. The zero-order valence-corrected chi connectivity index (χ0v) is 26.9. The zero-order chi connectivity index (χ0) is 28.9. The molecule has 0 aromatic carbocycles. The van der Waals surface area contributed by atoms with E-state index in [9.17, 15) is 9.59 Å². The minimum atomic E-state index is -0.221. The fourth-order valence-electron chi connectivity index (χ4n) is 11.7. The molecule has 0 spiro atoms. The lowest BCUT2D eigenvalue weighted by atomic mass is 9.35. The SMILES string of the molecule is CN1CCN(C(=O)[C@]23CCC(C)(C)C[C@H]2C2=CC[C@@H]4[C@@]5(C)CCC(=O)NC(C)(C)[C@@H]5CC[C@@]4(C)[C@]2(C)CC3)CC1. The molecule has 4 aliphatic carbocycles. The number of piperazine rings is 1. The van der Waals surface area contributed by atoms with Crippen molar-refractivity contribution in [1.82, 2.24) is 15.1 Å². The van der Waals surface area contributed by atoms with Gasteiger partial charge in [-0.25, -0.2) is 0 Å². The maximum Gasteiger partial charge on any atom is 0.229 e. The normalized spacial score (nSPS) is 46.5. The van der Waals surface area contributed by atoms with Gasteiger partial charge in [-0.2, -0.15) is 0 Å². The zero-order valence-electron chi connectivity index (χ0n) is 26.9. The topological polar surface area (TPSA) is 52.7 Å². The molecule has 2 heterocycles. The Kier molecular flexibility index (Phi) is 6.52. The number of hydrogen-bond donors (Lipinski definition) is 1. The summed E-state index contributed by atoms with van der Waals surface area (Å²) in [6.07, 6.45) is 13.3. The Morgan fingerprint density at radius 2 is 1.55 bits per heavy atom. The van der Waals surface area contributed by atoms with Crippen LogP contribution in [0, 0.1) is 44.8 Å². The highest BCUT2D eigenvalue weighted by atomic mass is 16.2. The number of amides is 2. The summed E-state index contributed by atoms with van der Waals surface area (Å²) in [5.74, 6) is 2.13. The van der Waals surface area contributed by atoms with Crippen LogP contribution in [0.1, 0.15) is 113 Å². The monoisotopic (exact) mass is 551 g/mol. The molecule has 6 aliphatic rings. The van der Waals surface area contributed by atoms with Gasteiger partial charge in [0.1, 0.15) is 0 Å². The van der Waals surface area contributed by atoms with Crippen molar-refractivity contribution >= 4 is 11.8 Å². The third-order valence-electron chi connectivity index (χ3n) is 14.3. The second kappa shape index (κ2) is 9.07. The van der Waals surface area contributed by atoms with E-state index in [0.29, 0.717) is 30.1 Å². The Hall–Kier alpha value is -1.36. The van der Waals surface area contributed by atoms with Crippen LogP contribution < -0.4 is 5.32 Å². The molecule has 2 aliphatic heterocycles. The molecule has 1 N–H and O–H groups in total. The number of fused-ring (bicyclic) bond motifs is 7. The quantitative estimate of drug-likeness (QED) is 0.382. The molecule has 5 fully saturated rings. The average molecular weight is 552 g/mol. The van der Waals surface area contributed by atoms with Gasteiger partial charge in [-0.3, -0.25) is 9.59 Å². The van der Waals surface area contributed by atoms with E-state index in [1.54, 1.807) is 5.57 Å². The summed E-state index contributed by atoms with van der Waals surface area (Å²) in [5.41, 5.74) is 1.97. The first-order chi connectivity index (χ1) is 18.6. The fraction of sp³-hybridized carbons (Fsp3) is 0.886. The first-order valence-corrected chi connectivity index (χ1v) is 16.6. The van der Waals surface area contributed by atoms with E-state index in [2.05, 4.69) is 76.7 Å². The molecule has 0 aromatic heterocycles. The van der Waals surface area contributed by atoms with Gasteiger partial charge in [0.25, 0.3) is 0 Å². The van der Waals surface area contributed by atoms with E-state index < -0.39 is 0 Å². The second-order valence-corrected chi connectivity index (χ2v) is 17.2. The van der Waals surface area contributed by atoms with Crippen LogP contribution in [0.5, 0.6) is 0 Å². The van der Waals surface area contributed by atoms with Gasteiger partial charge in [0.2, 0.25) is 11.8 Å². The number of carbonyl (C=O) groups excluding carboxylic acids is 2. The number of rotatable bonds is 1. The Labute approximate surface area is 244 Å². The van der Waals surface area contributed by atoms with Crippen LogP contribution in [0.2, 0.25) is 0 Å². The molecule has 224 valence electrons. The van der Waals surface area contributed by atoms with Gasteiger partial charge in [0, 0.05) is 38.1 Å². The van der Waals surface area contributed by atoms with Crippen molar-refractivity contribution in [3.63, 3.8) is 0 Å². The molecule has 3 saturated carbocycles. The summed E-state index contributed by atoms with van der Waals surface area (Å²) in [6.45, 7) is 21.0. The van der Waals surface area contributed by atoms with Crippen LogP contribution in [0.15, 0.2) is 11.6 Å². The Balaban J connectivity index is 1.40. The van der Waals surface area contributed by atoms with E-state index in [0.717, 1.165) is 71.1 Å². The van der Waals surface area contributed by atoms with E-state index in [1.165, 1.54) is 12.8 Å². The van der Waals surface area contributed by atoms with Crippen LogP contribution in [-0.4, -0.2) is 60.4 Å². The van der Waals surface area contributed by atoms with Gasteiger partial charge in [0.15, 0.2) is 0 Å². The number of hydrogen-bond acceptors (Lipinski definition) is 3. The van der Waals surface area contributed by atoms with Gasteiger partial charge in [-0.1, -0.05) is 46.3 Å². The van der Waals surface area contributed by atoms with Crippen molar-refractivity contribution in [1.29, 1.82) is 0 Å². The minimum absolute atomic E-state index is 0.113. The van der Waals surface area contributed by atoms with E-state index in [4.69, 9.17) is 0 Å². The first kappa shape index (κ1) is 28.7. The number of allylic oxidation sites excluding steroid dienone is 2. The molecule has 0 radical (unpaired) electrons. The highest BCUT2D eigenvalue weighted by molar-refractivity contribution is 5.84. The van der Waals surface area contributed by atoms with Crippen LogP contribution in [0.4, 0.5) is 0 Å². The van der Waals surface area contributed by atoms with Gasteiger partial charge in [-0.15, -0.1) is 0 Å². The Morgan fingerprint density at radius 1 is 0.875 bits per heavy atom. The van der Waals surface area contributed by atoms with Crippen molar-refractivity contribution < 1.29 is 9.59 Å². The largest absolute Gasteiger partial charge is 0.351 e.